The van der Waals surface area contributed by atoms with Crippen molar-refractivity contribution in [1.82, 2.24) is 14.8 Å². The van der Waals surface area contributed by atoms with Gasteiger partial charge in [0.2, 0.25) is 0 Å². The van der Waals surface area contributed by atoms with Crippen molar-refractivity contribution in [2.45, 2.75) is 20.3 Å². The molecule has 1 aliphatic heterocycles. The van der Waals surface area contributed by atoms with Crippen molar-refractivity contribution >= 4 is 24.0 Å². The number of hydrogen-bond donors (Lipinski definition) is 2. The van der Waals surface area contributed by atoms with Crippen LogP contribution in [0.25, 0.3) is 0 Å². The standard InChI is InChI=1S/C19H24N4O3.CH2O2/c1-13-5-6-15(19(25)23-8-4-7-22(3)9-10-23)11-16(13)21-18(24)17-14(2)26-12-20-17;2-1-3/h5-6,11-12H,4,7-10H2,1-3H3,(H,21,24);1H,(H,2,3). The average molecular weight is 402 g/mol. The molecule has 156 valence electrons. The Hall–Kier alpha value is -3.20. The topological polar surface area (TPSA) is 116 Å². The van der Waals surface area contributed by atoms with Crippen molar-refractivity contribution in [2.24, 2.45) is 0 Å². The Bertz CT molecular complexity index is 864. The van der Waals surface area contributed by atoms with Crippen LogP contribution in [0.1, 0.15) is 38.6 Å². The van der Waals surface area contributed by atoms with E-state index in [0.29, 0.717) is 23.6 Å². The number of carbonyl (C=O) groups is 3. The second-order valence-electron chi connectivity index (χ2n) is 6.80. The molecule has 0 spiro atoms. The van der Waals surface area contributed by atoms with E-state index in [-0.39, 0.29) is 24.0 Å². The molecule has 0 radical (unpaired) electrons. The van der Waals surface area contributed by atoms with E-state index >= 15 is 0 Å². The van der Waals surface area contributed by atoms with Gasteiger partial charge in [-0.25, -0.2) is 4.98 Å². The van der Waals surface area contributed by atoms with Gasteiger partial charge in [-0.05, 0) is 51.6 Å². The number of nitrogens with one attached hydrogen (secondary N) is 1. The number of anilines is 1. The first-order valence-corrected chi connectivity index (χ1v) is 9.25. The van der Waals surface area contributed by atoms with Gasteiger partial charge >= 0.3 is 0 Å². The molecule has 2 heterocycles. The van der Waals surface area contributed by atoms with E-state index < -0.39 is 0 Å². The third-order valence-corrected chi connectivity index (χ3v) is 4.70. The first kappa shape index (κ1) is 22.1. The fourth-order valence-electron chi connectivity index (χ4n) is 3.03. The average Bonchev–Trinajstić information content (AvgIpc) is 3.00. The molecule has 1 saturated heterocycles. The zero-order valence-electron chi connectivity index (χ0n) is 16.8. The highest BCUT2D eigenvalue weighted by atomic mass is 16.3. The SMILES string of the molecule is Cc1ccc(C(=O)N2CCCN(C)CC2)cc1NC(=O)c1ncoc1C.O=CO. The molecule has 1 aromatic heterocycles. The summed E-state index contributed by atoms with van der Waals surface area (Å²) in [6.45, 7) is 6.65. The first-order chi connectivity index (χ1) is 13.9. The Labute approximate surface area is 169 Å². The molecule has 0 atom stereocenters. The maximum absolute atomic E-state index is 12.9. The highest BCUT2D eigenvalue weighted by molar-refractivity contribution is 6.05. The number of nitrogens with zero attached hydrogens (tertiary/aromatic N) is 3. The van der Waals surface area contributed by atoms with E-state index in [9.17, 15) is 9.59 Å². The van der Waals surface area contributed by atoms with Gasteiger partial charge in [-0.1, -0.05) is 6.07 Å². The third-order valence-electron chi connectivity index (χ3n) is 4.70. The van der Waals surface area contributed by atoms with Crippen molar-refractivity contribution < 1.29 is 23.9 Å². The fraction of sp³-hybridized carbons (Fsp3) is 0.400. The monoisotopic (exact) mass is 402 g/mol. The highest BCUT2D eigenvalue weighted by Gasteiger charge is 2.20. The molecule has 2 amide bonds. The predicted octanol–water partition coefficient (Wildman–Crippen LogP) is 2.02. The van der Waals surface area contributed by atoms with Crippen LogP contribution in [0.4, 0.5) is 5.69 Å². The lowest BCUT2D eigenvalue weighted by Crippen LogP contribution is -2.34. The molecule has 3 rings (SSSR count). The number of amides is 2. The van der Waals surface area contributed by atoms with Crippen LogP contribution in [-0.4, -0.2) is 71.4 Å². The number of aromatic nitrogens is 1. The van der Waals surface area contributed by atoms with Crippen LogP contribution in [-0.2, 0) is 4.79 Å². The van der Waals surface area contributed by atoms with Gasteiger partial charge in [-0.2, -0.15) is 0 Å². The second kappa shape index (κ2) is 10.4. The summed E-state index contributed by atoms with van der Waals surface area (Å²) >= 11 is 0. The lowest BCUT2D eigenvalue weighted by Gasteiger charge is -2.21. The van der Waals surface area contributed by atoms with Crippen LogP contribution in [0, 0.1) is 13.8 Å². The van der Waals surface area contributed by atoms with Crippen LogP contribution in [0.2, 0.25) is 0 Å². The zero-order chi connectivity index (χ0) is 21.4. The number of oxazole rings is 1. The first-order valence-electron chi connectivity index (χ1n) is 9.25. The molecule has 9 heteroatoms. The van der Waals surface area contributed by atoms with Crippen molar-refractivity contribution in [3.05, 3.63) is 47.2 Å². The Balaban J connectivity index is 0.000000941. The summed E-state index contributed by atoms with van der Waals surface area (Å²) in [5.74, 6) is 0.106. The molecular formula is C20H26N4O5. The lowest BCUT2D eigenvalue weighted by atomic mass is 10.1. The van der Waals surface area contributed by atoms with Gasteiger partial charge < -0.3 is 24.6 Å². The summed E-state index contributed by atoms with van der Waals surface area (Å²) in [5.41, 5.74) is 2.31. The summed E-state index contributed by atoms with van der Waals surface area (Å²) < 4.78 is 5.08. The van der Waals surface area contributed by atoms with Crippen molar-refractivity contribution in [1.29, 1.82) is 0 Å². The minimum atomic E-state index is -0.347. The van der Waals surface area contributed by atoms with Crippen molar-refractivity contribution in [3.8, 4) is 0 Å². The largest absolute Gasteiger partial charge is 0.483 e. The second-order valence-corrected chi connectivity index (χ2v) is 6.80. The van der Waals surface area contributed by atoms with E-state index in [1.165, 1.54) is 6.39 Å². The van der Waals surface area contributed by atoms with Crippen molar-refractivity contribution in [2.75, 3.05) is 38.5 Å². The van der Waals surface area contributed by atoms with Crippen LogP contribution in [0.15, 0.2) is 29.0 Å². The number of likely N-dealkylation sites (N-methyl/N-ethyl adjacent to an activating group) is 1. The molecule has 1 aromatic carbocycles. The van der Waals surface area contributed by atoms with Gasteiger partial charge in [-0.3, -0.25) is 14.4 Å². The molecule has 1 aliphatic rings. The third kappa shape index (κ3) is 5.89. The van der Waals surface area contributed by atoms with Gasteiger partial charge in [0.15, 0.2) is 12.1 Å². The molecule has 0 bridgehead atoms. The van der Waals surface area contributed by atoms with Crippen LogP contribution in [0.3, 0.4) is 0 Å². The molecular weight excluding hydrogens is 376 g/mol. The van der Waals surface area contributed by atoms with Gasteiger partial charge in [0.1, 0.15) is 5.76 Å². The quantitative estimate of drug-likeness (QED) is 0.755. The molecule has 0 unspecified atom stereocenters. The Morgan fingerprint density at radius 3 is 2.59 bits per heavy atom. The zero-order valence-corrected chi connectivity index (χ0v) is 16.8. The van der Waals surface area contributed by atoms with E-state index in [2.05, 4.69) is 22.2 Å². The molecule has 9 nitrogen and oxygen atoms in total. The normalized spacial score (nSPS) is 14.4. The van der Waals surface area contributed by atoms with Gasteiger partial charge in [0.05, 0.1) is 0 Å². The summed E-state index contributed by atoms with van der Waals surface area (Å²) in [4.78, 5) is 41.6. The fourth-order valence-corrected chi connectivity index (χ4v) is 3.03. The summed E-state index contributed by atoms with van der Waals surface area (Å²) in [6.07, 6.45) is 2.20. The molecule has 29 heavy (non-hydrogen) atoms. The summed E-state index contributed by atoms with van der Waals surface area (Å²) in [5, 5.41) is 9.72. The number of hydrogen-bond acceptors (Lipinski definition) is 6. The minimum absolute atomic E-state index is 0.00610. The number of carboxylic acid groups (broad SMARTS) is 1. The number of benzene rings is 1. The summed E-state index contributed by atoms with van der Waals surface area (Å²) in [6, 6.07) is 5.39. The van der Waals surface area contributed by atoms with E-state index in [4.69, 9.17) is 14.3 Å². The maximum atomic E-state index is 12.9. The van der Waals surface area contributed by atoms with Gasteiger partial charge in [-0.15, -0.1) is 0 Å². The highest BCUT2D eigenvalue weighted by Crippen LogP contribution is 2.20. The Morgan fingerprint density at radius 1 is 1.21 bits per heavy atom. The van der Waals surface area contributed by atoms with Crippen LogP contribution in [0.5, 0.6) is 0 Å². The maximum Gasteiger partial charge on any atom is 0.290 e. The molecule has 0 aliphatic carbocycles. The predicted molar refractivity (Wildman–Crippen MR) is 107 cm³/mol. The molecule has 2 aromatic rings. The number of carbonyl (C=O) groups excluding carboxylic acids is 2. The van der Waals surface area contributed by atoms with E-state index in [1.807, 2.05) is 24.0 Å². The number of rotatable bonds is 3. The van der Waals surface area contributed by atoms with Crippen LogP contribution < -0.4 is 5.32 Å². The van der Waals surface area contributed by atoms with Crippen molar-refractivity contribution in [3.63, 3.8) is 0 Å². The lowest BCUT2D eigenvalue weighted by molar-refractivity contribution is -0.122. The van der Waals surface area contributed by atoms with Gasteiger partial charge in [0.25, 0.3) is 18.3 Å². The Morgan fingerprint density at radius 2 is 1.93 bits per heavy atom. The van der Waals surface area contributed by atoms with Crippen LogP contribution >= 0.6 is 0 Å². The summed E-state index contributed by atoms with van der Waals surface area (Å²) in [7, 11) is 2.07. The minimum Gasteiger partial charge on any atom is -0.483 e. The molecule has 1 fully saturated rings. The van der Waals surface area contributed by atoms with Gasteiger partial charge in [0, 0.05) is 30.9 Å². The number of aryl methyl sites for hydroxylation is 2. The Kier molecular flexibility index (Phi) is 7.90. The van der Waals surface area contributed by atoms with E-state index in [0.717, 1.165) is 31.6 Å². The smallest absolute Gasteiger partial charge is 0.290 e. The molecule has 2 N–H and O–H groups in total. The van der Waals surface area contributed by atoms with E-state index in [1.54, 1.807) is 13.0 Å². The molecule has 0 saturated carbocycles.